The van der Waals surface area contributed by atoms with E-state index in [0.29, 0.717) is 13.0 Å². The smallest absolute Gasteiger partial charge is 0.264 e. The minimum absolute atomic E-state index is 0.0884. The van der Waals surface area contributed by atoms with Gasteiger partial charge in [0.15, 0.2) is 0 Å². The third-order valence-corrected chi connectivity index (χ3v) is 3.35. The summed E-state index contributed by atoms with van der Waals surface area (Å²) < 4.78 is 28.9. The number of hydrogen-bond donors (Lipinski definition) is 0. The van der Waals surface area contributed by atoms with Gasteiger partial charge in [-0.3, -0.25) is 19.2 Å². The Morgan fingerprint density at radius 1 is 1.00 bits per heavy atom. The topological polar surface area (TPSA) is 55.2 Å². The second-order valence-corrected chi connectivity index (χ2v) is 4.66. The molecule has 0 saturated carbocycles. The highest BCUT2D eigenvalue weighted by Crippen LogP contribution is 2.27. The van der Waals surface area contributed by atoms with Crippen molar-refractivity contribution in [2.75, 3.05) is 6.54 Å². The zero-order valence-electron chi connectivity index (χ0n) is 10.9. The second kappa shape index (κ2) is 5.08. The zero-order chi connectivity index (χ0) is 15.0. The standard InChI is InChI=1S/C14H11F2N3O2/c15-9-3-4-10(16)12-11(9)13(20)19(14(12)21)8-2-7-18-6-1-5-17-18/h1,3-6H,2,7-8H2. The molecule has 0 fully saturated rings. The number of nitrogens with zero attached hydrogens (tertiary/aromatic N) is 3. The number of carbonyl (C=O) groups excluding carboxylic acids is 2. The predicted octanol–water partition coefficient (Wildman–Crippen LogP) is 1.85. The number of benzene rings is 1. The van der Waals surface area contributed by atoms with Gasteiger partial charge in [0.2, 0.25) is 0 Å². The Morgan fingerprint density at radius 3 is 2.14 bits per heavy atom. The van der Waals surface area contributed by atoms with Gasteiger partial charge < -0.3 is 0 Å². The van der Waals surface area contributed by atoms with E-state index in [1.165, 1.54) is 0 Å². The first-order valence-electron chi connectivity index (χ1n) is 6.41. The van der Waals surface area contributed by atoms with E-state index in [2.05, 4.69) is 5.10 Å². The van der Waals surface area contributed by atoms with Gasteiger partial charge in [0.05, 0.1) is 11.1 Å². The normalized spacial score (nSPS) is 13.9. The van der Waals surface area contributed by atoms with Crippen LogP contribution in [0.1, 0.15) is 27.1 Å². The lowest BCUT2D eigenvalue weighted by Gasteiger charge is -2.13. The molecule has 108 valence electrons. The third kappa shape index (κ3) is 2.20. The van der Waals surface area contributed by atoms with Crippen molar-refractivity contribution >= 4 is 11.8 Å². The van der Waals surface area contributed by atoms with E-state index in [-0.39, 0.29) is 6.54 Å². The van der Waals surface area contributed by atoms with E-state index >= 15 is 0 Å². The Bertz CT molecular complexity index is 672. The quantitative estimate of drug-likeness (QED) is 0.808. The molecule has 1 aliphatic heterocycles. The molecule has 0 unspecified atom stereocenters. The number of carbonyl (C=O) groups is 2. The van der Waals surface area contributed by atoms with Crippen LogP contribution in [0.25, 0.3) is 0 Å². The molecule has 3 rings (SSSR count). The van der Waals surface area contributed by atoms with E-state index in [4.69, 9.17) is 0 Å². The fraction of sp³-hybridized carbons (Fsp3) is 0.214. The van der Waals surface area contributed by atoms with Gasteiger partial charge in [0.1, 0.15) is 11.6 Å². The minimum Gasteiger partial charge on any atom is -0.274 e. The maximum absolute atomic E-state index is 13.6. The Kier molecular flexibility index (Phi) is 3.25. The number of aryl methyl sites for hydroxylation is 1. The van der Waals surface area contributed by atoms with E-state index in [1.807, 2.05) is 0 Å². The van der Waals surface area contributed by atoms with Gasteiger partial charge >= 0.3 is 0 Å². The summed E-state index contributed by atoms with van der Waals surface area (Å²) in [6, 6.07) is 3.46. The highest BCUT2D eigenvalue weighted by molar-refractivity contribution is 6.21. The Hall–Kier alpha value is -2.57. The van der Waals surface area contributed by atoms with Gasteiger partial charge in [0, 0.05) is 25.5 Å². The lowest BCUT2D eigenvalue weighted by atomic mass is 10.1. The van der Waals surface area contributed by atoms with E-state index < -0.39 is 34.6 Å². The first-order valence-corrected chi connectivity index (χ1v) is 6.41. The minimum atomic E-state index is -0.876. The fourth-order valence-corrected chi connectivity index (χ4v) is 2.36. The number of imide groups is 1. The Morgan fingerprint density at radius 2 is 1.62 bits per heavy atom. The molecule has 1 aliphatic rings. The van der Waals surface area contributed by atoms with Crippen molar-refractivity contribution in [3.8, 4) is 0 Å². The van der Waals surface area contributed by atoms with Crippen molar-refractivity contribution < 1.29 is 18.4 Å². The Balaban J connectivity index is 1.77. The molecule has 5 nitrogen and oxygen atoms in total. The van der Waals surface area contributed by atoms with Crippen molar-refractivity contribution in [1.82, 2.24) is 14.7 Å². The van der Waals surface area contributed by atoms with Gasteiger partial charge in [-0.1, -0.05) is 0 Å². The molecule has 0 bridgehead atoms. The summed E-state index contributed by atoms with van der Waals surface area (Å²) in [5.74, 6) is -3.32. The number of amides is 2. The molecule has 2 aromatic rings. The van der Waals surface area contributed by atoms with E-state index in [0.717, 1.165) is 17.0 Å². The van der Waals surface area contributed by atoms with E-state index in [1.54, 1.807) is 23.1 Å². The van der Waals surface area contributed by atoms with Gasteiger partial charge in [-0.25, -0.2) is 8.78 Å². The zero-order valence-corrected chi connectivity index (χ0v) is 10.9. The number of hydrogen-bond acceptors (Lipinski definition) is 3. The van der Waals surface area contributed by atoms with Crippen LogP contribution in [0.3, 0.4) is 0 Å². The highest BCUT2D eigenvalue weighted by Gasteiger charge is 2.39. The summed E-state index contributed by atoms with van der Waals surface area (Å²) in [6.07, 6.45) is 3.82. The first kappa shape index (κ1) is 13.4. The predicted molar refractivity (Wildman–Crippen MR) is 68.6 cm³/mol. The maximum atomic E-state index is 13.6. The molecule has 0 atom stereocenters. The highest BCUT2D eigenvalue weighted by atomic mass is 19.1. The summed E-state index contributed by atoms with van der Waals surface area (Å²) in [5.41, 5.74) is -0.946. The lowest BCUT2D eigenvalue weighted by Crippen LogP contribution is -2.31. The van der Waals surface area contributed by atoms with Crippen molar-refractivity contribution in [3.05, 3.63) is 53.4 Å². The largest absolute Gasteiger partial charge is 0.274 e. The summed E-state index contributed by atoms with van der Waals surface area (Å²) in [5, 5.41) is 3.99. The molecule has 1 aromatic carbocycles. The molecule has 2 amide bonds. The number of halogens is 2. The third-order valence-electron chi connectivity index (χ3n) is 3.35. The molecule has 0 aliphatic carbocycles. The molecular weight excluding hydrogens is 280 g/mol. The molecular formula is C14H11F2N3O2. The van der Waals surface area contributed by atoms with Crippen LogP contribution in [0.5, 0.6) is 0 Å². The molecule has 21 heavy (non-hydrogen) atoms. The molecule has 0 radical (unpaired) electrons. The van der Waals surface area contributed by atoms with Crippen LogP contribution in [0.4, 0.5) is 8.78 Å². The lowest BCUT2D eigenvalue weighted by molar-refractivity contribution is 0.0648. The van der Waals surface area contributed by atoms with Gasteiger partial charge in [-0.2, -0.15) is 5.10 Å². The summed E-state index contributed by atoms with van der Waals surface area (Å²) in [6.45, 7) is 0.594. The Labute approximate surface area is 118 Å². The number of aromatic nitrogens is 2. The molecule has 0 N–H and O–H groups in total. The summed E-state index contributed by atoms with van der Waals surface area (Å²) in [4.78, 5) is 25.0. The van der Waals surface area contributed by atoms with Crippen LogP contribution in [0, 0.1) is 11.6 Å². The monoisotopic (exact) mass is 291 g/mol. The molecule has 7 heteroatoms. The van der Waals surface area contributed by atoms with Gasteiger partial charge in [-0.15, -0.1) is 0 Å². The van der Waals surface area contributed by atoms with Crippen molar-refractivity contribution in [2.45, 2.75) is 13.0 Å². The molecule has 0 spiro atoms. The van der Waals surface area contributed by atoms with Crippen LogP contribution < -0.4 is 0 Å². The van der Waals surface area contributed by atoms with Crippen molar-refractivity contribution in [2.24, 2.45) is 0 Å². The number of rotatable bonds is 4. The summed E-state index contributed by atoms with van der Waals surface area (Å²) in [7, 11) is 0. The molecule has 2 heterocycles. The van der Waals surface area contributed by atoms with Crippen LogP contribution in [0.15, 0.2) is 30.6 Å². The van der Waals surface area contributed by atoms with E-state index in [9.17, 15) is 18.4 Å². The number of fused-ring (bicyclic) bond motifs is 1. The van der Waals surface area contributed by atoms with Crippen molar-refractivity contribution in [3.63, 3.8) is 0 Å². The average molecular weight is 291 g/mol. The second-order valence-electron chi connectivity index (χ2n) is 4.66. The molecule has 1 aromatic heterocycles. The summed E-state index contributed by atoms with van der Waals surface area (Å²) >= 11 is 0. The van der Waals surface area contributed by atoms with Gasteiger partial charge in [0.25, 0.3) is 11.8 Å². The maximum Gasteiger partial charge on any atom is 0.264 e. The fourth-order valence-electron chi connectivity index (χ4n) is 2.36. The SMILES string of the molecule is O=C1c2c(F)ccc(F)c2C(=O)N1CCCn1cccn1. The van der Waals surface area contributed by atoms with Crippen LogP contribution in [-0.2, 0) is 6.54 Å². The van der Waals surface area contributed by atoms with Crippen molar-refractivity contribution in [1.29, 1.82) is 0 Å². The van der Waals surface area contributed by atoms with Crippen LogP contribution in [-0.4, -0.2) is 33.0 Å². The average Bonchev–Trinajstić information content (AvgIpc) is 3.05. The first-order chi connectivity index (χ1) is 10.1. The van der Waals surface area contributed by atoms with Gasteiger partial charge in [-0.05, 0) is 24.6 Å². The molecule has 0 saturated heterocycles. The van der Waals surface area contributed by atoms with Crippen LogP contribution in [0.2, 0.25) is 0 Å². The van der Waals surface area contributed by atoms with Crippen LogP contribution >= 0.6 is 0 Å².